The highest BCUT2D eigenvalue weighted by Crippen LogP contribution is 2.19. The predicted molar refractivity (Wildman–Crippen MR) is 57.1 cm³/mol. The Kier molecular flexibility index (Phi) is 3.02. The lowest BCUT2D eigenvalue weighted by molar-refractivity contribution is 0.627. The molecular weight excluding hydrogens is 177 g/mol. The molecule has 0 bridgehead atoms. The number of nitrogens with zero attached hydrogens (tertiary/aromatic N) is 1. The van der Waals surface area contributed by atoms with Crippen LogP contribution in [0.2, 0.25) is 0 Å². The van der Waals surface area contributed by atoms with E-state index in [0.717, 1.165) is 18.8 Å². The quantitative estimate of drug-likeness (QED) is 0.662. The van der Waals surface area contributed by atoms with Gasteiger partial charge in [-0.2, -0.15) is 0 Å². The number of hydrogen-bond acceptors (Lipinski definition) is 1. The first-order valence-electron chi connectivity index (χ1n) is 5.37. The lowest BCUT2D eigenvalue weighted by Gasteiger charge is -2.22. The Bertz CT molecular complexity index is 273. The van der Waals surface area contributed by atoms with Crippen molar-refractivity contribution in [2.75, 3.05) is 18.0 Å². The van der Waals surface area contributed by atoms with Gasteiger partial charge in [-0.05, 0) is 37.1 Å². The lowest BCUT2D eigenvalue weighted by atomic mass is 10.2. The summed E-state index contributed by atoms with van der Waals surface area (Å²) >= 11 is 0. The number of rotatable bonds is 1. The first-order chi connectivity index (χ1) is 6.86. The van der Waals surface area contributed by atoms with Crippen LogP contribution in [0.5, 0.6) is 0 Å². The molecule has 1 fully saturated rings. The van der Waals surface area contributed by atoms with Gasteiger partial charge < -0.3 is 4.90 Å². The smallest absolute Gasteiger partial charge is 0.123 e. The zero-order chi connectivity index (χ0) is 9.80. The van der Waals surface area contributed by atoms with Gasteiger partial charge in [0.25, 0.3) is 0 Å². The average molecular weight is 193 g/mol. The van der Waals surface area contributed by atoms with Gasteiger partial charge in [0.2, 0.25) is 0 Å². The Balaban J connectivity index is 2.08. The zero-order valence-electron chi connectivity index (χ0n) is 8.38. The van der Waals surface area contributed by atoms with Gasteiger partial charge in [0.1, 0.15) is 5.82 Å². The van der Waals surface area contributed by atoms with Crippen molar-refractivity contribution in [3.8, 4) is 0 Å². The summed E-state index contributed by atoms with van der Waals surface area (Å²) in [7, 11) is 0. The molecule has 76 valence electrons. The van der Waals surface area contributed by atoms with Gasteiger partial charge in [-0.1, -0.05) is 12.8 Å². The van der Waals surface area contributed by atoms with Gasteiger partial charge in [-0.3, -0.25) is 0 Å². The van der Waals surface area contributed by atoms with Gasteiger partial charge in [0, 0.05) is 18.8 Å². The van der Waals surface area contributed by atoms with Crippen molar-refractivity contribution in [3.63, 3.8) is 0 Å². The summed E-state index contributed by atoms with van der Waals surface area (Å²) in [4.78, 5) is 2.35. The maximum Gasteiger partial charge on any atom is 0.123 e. The fourth-order valence-corrected chi connectivity index (χ4v) is 1.98. The van der Waals surface area contributed by atoms with E-state index in [1.807, 2.05) is 12.1 Å². The van der Waals surface area contributed by atoms with Crippen molar-refractivity contribution in [1.29, 1.82) is 0 Å². The molecule has 0 spiro atoms. The molecule has 1 saturated heterocycles. The topological polar surface area (TPSA) is 3.24 Å². The fourth-order valence-electron chi connectivity index (χ4n) is 1.98. The summed E-state index contributed by atoms with van der Waals surface area (Å²) in [5.41, 5.74) is 1.16. The van der Waals surface area contributed by atoms with Crippen LogP contribution in [0.4, 0.5) is 10.1 Å². The van der Waals surface area contributed by atoms with Crippen LogP contribution in [0.3, 0.4) is 0 Å². The molecule has 1 heterocycles. The van der Waals surface area contributed by atoms with Gasteiger partial charge in [0.15, 0.2) is 0 Å². The van der Waals surface area contributed by atoms with Crippen molar-refractivity contribution < 1.29 is 4.39 Å². The van der Waals surface area contributed by atoms with Crippen molar-refractivity contribution in [3.05, 3.63) is 30.1 Å². The first-order valence-corrected chi connectivity index (χ1v) is 5.37. The molecular formula is C12H16FN. The van der Waals surface area contributed by atoms with E-state index >= 15 is 0 Å². The minimum Gasteiger partial charge on any atom is -0.372 e. The highest BCUT2D eigenvalue weighted by atomic mass is 19.1. The highest BCUT2D eigenvalue weighted by molar-refractivity contribution is 5.46. The molecule has 1 aromatic carbocycles. The summed E-state index contributed by atoms with van der Waals surface area (Å²) in [5.74, 6) is -0.149. The largest absolute Gasteiger partial charge is 0.372 e. The van der Waals surface area contributed by atoms with E-state index in [0.29, 0.717) is 0 Å². The highest BCUT2D eigenvalue weighted by Gasteiger charge is 2.09. The van der Waals surface area contributed by atoms with Crippen LogP contribution >= 0.6 is 0 Å². The lowest BCUT2D eigenvalue weighted by Crippen LogP contribution is -2.23. The minimum absolute atomic E-state index is 0.149. The molecule has 1 aromatic rings. The Labute approximate surface area is 84.5 Å². The molecule has 14 heavy (non-hydrogen) atoms. The summed E-state index contributed by atoms with van der Waals surface area (Å²) < 4.78 is 12.7. The van der Waals surface area contributed by atoms with Crippen molar-refractivity contribution in [2.45, 2.75) is 25.7 Å². The molecule has 0 unspecified atom stereocenters. The maximum absolute atomic E-state index is 12.7. The zero-order valence-corrected chi connectivity index (χ0v) is 8.38. The maximum atomic E-state index is 12.7. The van der Waals surface area contributed by atoms with Crippen LogP contribution in [0.25, 0.3) is 0 Å². The van der Waals surface area contributed by atoms with E-state index < -0.39 is 0 Å². The first kappa shape index (κ1) is 9.50. The van der Waals surface area contributed by atoms with Gasteiger partial charge in [0.05, 0.1) is 0 Å². The molecule has 2 heteroatoms. The Morgan fingerprint density at radius 1 is 0.857 bits per heavy atom. The van der Waals surface area contributed by atoms with E-state index in [1.54, 1.807) is 12.1 Å². The third-order valence-electron chi connectivity index (χ3n) is 2.80. The number of anilines is 1. The van der Waals surface area contributed by atoms with Crippen molar-refractivity contribution in [1.82, 2.24) is 0 Å². The number of benzene rings is 1. The molecule has 2 rings (SSSR count). The standard InChI is InChI=1S/C12H16FN/c13-11-5-7-12(8-6-11)14-9-3-1-2-4-10-14/h5-8H,1-4,9-10H2. The minimum atomic E-state index is -0.149. The van der Waals surface area contributed by atoms with Crippen LogP contribution in [-0.2, 0) is 0 Å². The van der Waals surface area contributed by atoms with Crippen molar-refractivity contribution in [2.24, 2.45) is 0 Å². The monoisotopic (exact) mass is 193 g/mol. The third-order valence-corrected chi connectivity index (χ3v) is 2.80. The molecule has 0 saturated carbocycles. The summed E-state index contributed by atoms with van der Waals surface area (Å²) in [6.07, 6.45) is 5.18. The van der Waals surface area contributed by atoms with Gasteiger partial charge in [-0.15, -0.1) is 0 Å². The van der Waals surface area contributed by atoms with Gasteiger partial charge >= 0.3 is 0 Å². The average Bonchev–Trinajstić information content (AvgIpc) is 2.47. The van der Waals surface area contributed by atoms with Crippen LogP contribution in [0.15, 0.2) is 24.3 Å². The van der Waals surface area contributed by atoms with E-state index in [9.17, 15) is 4.39 Å². The van der Waals surface area contributed by atoms with E-state index in [2.05, 4.69) is 4.90 Å². The summed E-state index contributed by atoms with van der Waals surface area (Å²) in [5, 5.41) is 0. The van der Waals surface area contributed by atoms with E-state index in [1.165, 1.54) is 25.7 Å². The molecule has 0 amide bonds. The van der Waals surface area contributed by atoms with Crippen molar-refractivity contribution >= 4 is 5.69 Å². The molecule has 1 nitrogen and oxygen atoms in total. The Morgan fingerprint density at radius 3 is 2.00 bits per heavy atom. The molecule has 0 radical (unpaired) electrons. The van der Waals surface area contributed by atoms with E-state index in [-0.39, 0.29) is 5.82 Å². The second kappa shape index (κ2) is 4.45. The second-order valence-corrected chi connectivity index (χ2v) is 3.88. The second-order valence-electron chi connectivity index (χ2n) is 3.88. The summed E-state index contributed by atoms with van der Waals surface area (Å²) in [6.45, 7) is 2.23. The molecule has 0 N–H and O–H groups in total. The van der Waals surface area contributed by atoms with Gasteiger partial charge in [-0.25, -0.2) is 4.39 Å². The molecule has 0 aromatic heterocycles. The number of hydrogen-bond donors (Lipinski definition) is 0. The normalized spacial score (nSPS) is 17.9. The fraction of sp³-hybridized carbons (Fsp3) is 0.500. The number of halogens is 1. The van der Waals surface area contributed by atoms with Crippen LogP contribution < -0.4 is 4.90 Å². The molecule has 1 aliphatic rings. The van der Waals surface area contributed by atoms with E-state index in [4.69, 9.17) is 0 Å². The molecule has 0 atom stereocenters. The summed E-state index contributed by atoms with van der Waals surface area (Å²) in [6, 6.07) is 6.84. The molecule has 1 aliphatic heterocycles. The SMILES string of the molecule is Fc1ccc(N2CCCCCC2)cc1. The van der Waals surface area contributed by atoms with Crippen LogP contribution in [-0.4, -0.2) is 13.1 Å². The molecule has 0 aliphatic carbocycles. The Morgan fingerprint density at radius 2 is 1.43 bits per heavy atom. The predicted octanol–water partition coefficient (Wildman–Crippen LogP) is 3.21. The third kappa shape index (κ3) is 2.25. The van der Waals surface area contributed by atoms with Crippen LogP contribution in [0, 0.1) is 5.82 Å². The Hall–Kier alpha value is -1.05. The van der Waals surface area contributed by atoms with Crippen LogP contribution in [0.1, 0.15) is 25.7 Å².